The third-order valence-corrected chi connectivity index (χ3v) is 6.54. The summed E-state index contributed by atoms with van der Waals surface area (Å²) in [5.41, 5.74) is 1.71. The van der Waals surface area contributed by atoms with Crippen LogP contribution in [-0.4, -0.2) is 28.1 Å². The number of para-hydroxylation sites is 1. The summed E-state index contributed by atoms with van der Waals surface area (Å²) >= 11 is 2.59. The topological polar surface area (TPSA) is 51.1 Å². The normalized spacial score (nSPS) is 14.4. The van der Waals surface area contributed by atoms with Crippen molar-refractivity contribution >= 4 is 35.0 Å². The molecular weight excluding hydrogens is 440 g/mol. The van der Waals surface area contributed by atoms with Crippen molar-refractivity contribution in [3.63, 3.8) is 0 Å². The molecule has 0 fully saturated rings. The number of ether oxygens (including phenoxy) is 2. The average Bonchev–Trinajstić information content (AvgIpc) is 3.12. The fourth-order valence-corrected chi connectivity index (χ4v) is 4.69. The Morgan fingerprint density at radius 1 is 1.00 bits per heavy atom. The molecule has 0 aromatic heterocycles. The maximum Gasteiger partial charge on any atom is 0.426 e. The van der Waals surface area contributed by atoms with Gasteiger partial charge in [-0.3, -0.25) is 0 Å². The second-order valence-electron chi connectivity index (χ2n) is 7.91. The predicted molar refractivity (Wildman–Crippen MR) is 132 cm³/mol. The second-order valence-corrected chi connectivity index (χ2v) is 9.86. The highest BCUT2D eigenvalue weighted by Gasteiger charge is 2.33. The lowest BCUT2D eigenvalue weighted by molar-refractivity contribution is 0.132. The zero-order valence-electron chi connectivity index (χ0n) is 18.1. The van der Waals surface area contributed by atoms with Gasteiger partial charge in [0.2, 0.25) is 0 Å². The molecule has 32 heavy (non-hydrogen) atoms. The SMILES string of the molecule is CN(SN=C(Sc1ccccc1)c1ccccc1)C(=O)Oc1cccc2c1OC(C)(C)C2. The van der Waals surface area contributed by atoms with Gasteiger partial charge in [0, 0.05) is 29.5 Å². The first-order valence-corrected chi connectivity index (χ1v) is 11.8. The number of hydrogen-bond donors (Lipinski definition) is 0. The number of rotatable bonds is 5. The van der Waals surface area contributed by atoms with Crippen LogP contribution in [0.3, 0.4) is 0 Å². The summed E-state index contributed by atoms with van der Waals surface area (Å²) in [5, 5.41) is 0.798. The van der Waals surface area contributed by atoms with E-state index in [1.165, 1.54) is 4.31 Å². The molecule has 3 aromatic rings. The van der Waals surface area contributed by atoms with E-state index < -0.39 is 6.09 Å². The predicted octanol–water partition coefficient (Wildman–Crippen LogP) is 6.63. The largest absolute Gasteiger partial charge is 0.483 e. The van der Waals surface area contributed by atoms with Gasteiger partial charge in [0.1, 0.15) is 10.6 Å². The maximum absolute atomic E-state index is 12.7. The molecule has 164 valence electrons. The molecule has 3 aromatic carbocycles. The van der Waals surface area contributed by atoms with Gasteiger partial charge in [-0.2, -0.15) is 4.40 Å². The number of thioether (sulfide) groups is 1. The van der Waals surface area contributed by atoms with Crippen molar-refractivity contribution in [2.24, 2.45) is 4.40 Å². The fraction of sp³-hybridized carbons (Fsp3) is 0.200. The number of carbonyl (C=O) groups is 1. The van der Waals surface area contributed by atoms with Crippen LogP contribution in [0.1, 0.15) is 25.0 Å². The summed E-state index contributed by atoms with van der Waals surface area (Å²) in [5.74, 6) is 1.06. The van der Waals surface area contributed by atoms with Crippen molar-refractivity contribution < 1.29 is 14.3 Å². The zero-order valence-corrected chi connectivity index (χ0v) is 19.8. The summed E-state index contributed by atoms with van der Waals surface area (Å²) in [6, 6.07) is 25.5. The van der Waals surface area contributed by atoms with Gasteiger partial charge in [-0.25, -0.2) is 9.10 Å². The molecule has 5 nitrogen and oxygen atoms in total. The monoisotopic (exact) mass is 464 g/mol. The van der Waals surface area contributed by atoms with Crippen molar-refractivity contribution in [2.75, 3.05) is 7.05 Å². The Labute approximate surface area is 197 Å². The first kappa shape index (κ1) is 22.3. The second kappa shape index (κ2) is 9.71. The molecule has 4 rings (SSSR count). The van der Waals surface area contributed by atoms with Crippen LogP contribution < -0.4 is 9.47 Å². The summed E-state index contributed by atoms with van der Waals surface area (Å²) in [6.07, 6.45) is 0.261. The van der Waals surface area contributed by atoms with Crippen molar-refractivity contribution in [1.29, 1.82) is 0 Å². The number of benzene rings is 3. The van der Waals surface area contributed by atoms with E-state index in [-0.39, 0.29) is 5.60 Å². The molecular formula is C25H24N2O3S2. The Bertz CT molecular complexity index is 1120. The molecule has 0 N–H and O–H groups in total. The molecule has 1 amide bonds. The molecule has 0 radical (unpaired) electrons. The van der Waals surface area contributed by atoms with Gasteiger partial charge < -0.3 is 9.47 Å². The van der Waals surface area contributed by atoms with E-state index in [2.05, 4.69) is 4.40 Å². The van der Waals surface area contributed by atoms with Crippen LogP contribution >= 0.6 is 23.9 Å². The van der Waals surface area contributed by atoms with Gasteiger partial charge >= 0.3 is 6.09 Å². The molecule has 1 heterocycles. The number of nitrogens with zero attached hydrogens (tertiary/aromatic N) is 2. The quantitative estimate of drug-likeness (QED) is 0.183. The Balaban J connectivity index is 1.48. The summed E-state index contributed by atoms with van der Waals surface area (Å²) in [6.45, 7) is 4.04. The van der Waals surface area contributed by atoms with Crippen LogP contribution in [0.2, 0.25) is 0 Å². The Kier molecular flexibility index (Phi) is 6.77. The lowest BCUT2D eigenvalue weighted by atomic mass is 10.0. The first-order valence-electron chi connectivity index (χ1n) is 10.2. The third-order valence-electron chi connectivity index (χ3n) is 4.73. The van der Waals surface area contributed by atoms with Crippen molar-refractivity contribution in [3.8, 4) is 11.5 Å². The summed E-state index contributed by atoms with van der Waals surface area (Å²) in [7, 11) is 1.64. The Morgan fingerprint density at radius 3 is 2.41 bits per heavy atom. The third kappa shape index (κ3) is 5.47. The highest BCUT2D eigenvalue weighted by molar-refractivity contribution is 8.15. The first-order chi connectivity index (χ1) is 15.4. The van der Waals surface area contributed by atoms with E-state index in [9.17, 15) is 4.79 Å². The number of carbonyl (C=O) groups excluding carboxylic acids is 1. The van der Waals surface area contributed by atoms with Crippen LogP contribution in [0.15, 0.2) is 88.2 Å². The van der Waals surface area contributed by atoms with Crippen molar-refractivity contribution in [3.05, 3.63) is 90.0 Å². The minimum Gasteiger partial charge on any atom is -0.483 e. The summed E-state index contributed by atoms with van der Waals surface area (Å²) < 4.78 is 17.6. The van der Waals surface area contributed by atoms with E-state index in [1.54, 1.807) is 24.9 Å². The molecule has 0 saturated heterocycles. The van der Waals surface area contributed by atoms with Crippen LogP contribution in [0.25, 0.3) is 0 Å². The number of fused-ring (bicyclic) bond motifs is 1. The zero-order chi connectivity index (χ0) is 22.6. The van der Waals surface area contributed by atoms with Crippen LogP contribution in [0, 0.1) is 0 Å². The van der Waals surface area contributed by atoms with E-state index in [0.717, 1.165) is 39.6 Å². The van der Waals surface area contributed by atoms with Crippen LogP contribution in [0.5, 0.6) is 11.5 Å². The lowest BCUT2D eigenvalue weighted by Gasteiger charge is -2.19. The Hall–Kier alpha value is -2.90. The maximum atomic E-state index is 12.7. The van der Waals surface area contributed by atoms with Crippen molar-refractivity contribution in [1.82, 2.24) is 4.31 Å². The highest BCUT2D eigenvalue weighted by Crippen LogP contribution is 2.42. The summed E-state index contributed by atoms with van der Waals surface area (Å²) in [4.78, 5) is 13.8. The van der Waals surface area contributed by atoms with Gasteiger partial charge in [0.05, 0.1) is 12.1 Å². The van der Waals surface area contributed by atoms with Gasteiger partial charge in [-0.1, -0.05) is 72.4 Å². The lowest BCUT2D eigenvalue weighted by Crippen LogP contribution is -2.25. The standard InChI is InChI=1S/C25H24N2O3S2/c1-25(2)17-19-13-10-16-21(22(19)30-25)29-24(28)27(3)32-26-23(18-11-6-4-7-12-18)31-20-14-8-5-9-15-20/h4-16H,17H2,1-3H3. The smallest absolute Gasteiger partial charge is 0.426 e. The minimum absolute atomic E-state index is 0.310. The molecule has 7 heteroatoms. The highest BCUT2D eigenvalue weighted by atomic mass is 32.2. The van der Waals surface area contributed by atoms with E-state index in [4.69, 9.17) is 9.47 Å². The fourth-order valence-electron chi connectivity index (χ4n) is 3.27. The van der Waals surface area contributed by atoms with Gasteiger partial charge in [0.15, 0.2) is 11.5 Å². The van der Waals surface area contributed by atoms with Gasteiger partial charge in [-0.15, -0.1) is 0 Å². The van der Waals surface area contributed by atoms with Gasteiger partial charge in [-0.05, 0) is 32.0 Å². The molecule has 0 aliphatic carbocycles. The minimum atomic E-state index is -0.516. The molecule has 1 aliphatic rings. The molecule has 0 spiro atoms. The molecule has 0 unspecified atom stereocenters. The van der Waals surface area contributed by atoms with E-state index >= 15 is 0 Å². The average molecular weight is 465 g/mol. The molecule has 0 saturated carbocycles. The Morgan fingerprint density at radius 2 is 1.69 bits per heavy atom. The van der Waals surface area contributed by atoms with Gasteiger partial charge in [0.25, 0.3) is 0 Å². The van der Waals surface area contributed by atoms with Crippen LogP contribution in [-0.2, 0) is 6.42 Å². The number of amides is 1. The van der Waals surface area contributed by atoms with Crippen LogP contribution in [0.4, 0.5) is 4.79 Å². The number of hydrogen-bond acceptors (Lipinski definition) is 6. The molecule has 0 bridgehead atoms. The van der Waals surface area contributed by atoms with E-state index in [0.29, 0.717) is 11.5 Å². The molecule has 1 aliphatic heterocycles. The molecule has 0 atom stereocenters. The van der Waals surface area contributed by atoms with Crippen molar-refractivity contribution in [2.45, 2.75) is 30.8 Å². The van der Waals surface area contributed by atoms with E-state index in [1.807, 2.05) is 86.6 Å².